The summed E-state index contributed by atoms with van der Waals surface area (Å²) in [5, 5.41) is 6.47. The fourth-order valence-corrected chi connectivity index (χ4v) is 4.27. The zero-order chi connectivity index (χ0) is 25.2. The highest BCUT2D eigenvalue weighted by molar-refractivity contribution is 9.10. The minimum Gasteiger partial charge on any atom is -0.454 e. The Balaban J connectivity index is 1.34. The van der Waals surface area contributed by atoms with Crippen LogP contribution in [0.5, 0.6) is 11.5 Å². The molecule has 36 heavy (non-hydrogen) atoms. The van der Waals surface area contributed by atoms with E-state index in [2.05, 4.69) is 32.0 Å². The number of benzene rings is 3. The van der Waals surface area contributed by atoms with Crippen molar-refractivity contribution in [2.24, 2.45) is 0 Å². The lowest BCUT2D eigenvalue weighted by atomic mass is 10.2. The number of fused-ring (bicyclic) bond motifs is 2. The minimum absolute atomic E-state index is 0.102. The molecule has 3 aromatic carbocycles. The molecule has 0 bridgehead atoms. The number of anilines is 1. The number of halogens is 2. The smallest absolute Gasteiger partial charge is 0.328 e. The molecule has 0 spiro atoms. The number of hydrogen-bond acceptors (Lipinski definition) is 5. The van der Waals surface area contributed by atoms with Crippen LogP contribution in [0.15, 0.2) is 71.2 Å². The monoisotopic (exact) mass is 568 g/mol. The third-order valence-corrected chi connectivity index (χ3v) is 6.12. The number of carbonyl (C=O) groups is 3. The van der Waals surface area contributed by atoms with Gasteiger partial charge in [0.05, 0.1) is 5.52 Å². The molecule has 1 aliphatic heterocycles. The Bertz CT molecular complexity index is 1520. The summed E-state index contributed by atoms with van der Waals surface area (Å²) in [4.78, 5) is 38.4. The maximum atomic E-state index is 13.1. The molecule has 3 amide bonds. The van der Waals surface area contributed by atoms with Crippen LogP contribution in [-0.4, -0.2) is 29.2 Å². The van der Waals surface area contributed by atoms with Crippen LogP contribution < -0.4 is 25.5 Å². The van der Waals surface area contributed by atoms with Gasteiger partial charge in [0.15, 0.2) is 11.5 Å². The van der Waals surface area contributed by atoms with Gasteiger partial charge in [0.2, 0.25) is 6.79 Å². The number of hydrogen-bond donors (Lipinski definition) is 3. The highest BCUT2D eigenvalue weighted by atomic mass is 79.9. The van der Waals surface area contributed by atoms with E-state index in [4.69, 9.17) is 21.1 Å². The molecule has 0 saturated carbocycles. The SMILES string of the molecule is O=C(NCc1ccc2c(c1)OCO2)C(=O)Nn1c(C(=O)Nc2cccc(Cl)c2)cc2cc(Br)ccc21. The van der Waals surface area contributed by atoms with E-state index >= 15 is 0 Å². The molecular weight excluding hydrogens is 552 g/mol. The van der Waals surface area contributed by atoms with Crippen LogP contribution in [0.4, 0.5) is 5.69 Å². The number of nitrogens with one attached hydrogen (secondary N) is 3. The van der Waals surface area contributed by atoms with Gasteiger partial charge in [-0.1, -0.05) is 39.7 Å². The average Bonchev–Trinajstić information content (AvgIpc) is 3.46. The van der Waals surface area contributed by atoms with Gasteiger partial charge in [0, 0.05) is 27.1 Å². The second-order valence-electron chi connectivity index (χ2n) is 7.84. The molecule has 0 atom stereocenters. The van der Waals surface area contributed by atoms with Crippen molar-refractivity contribution in [1.82, 2.24) is 9.99 Å². The lowest BCUT2D eigenvalue weighted by Gasteiger charge is -2.13. The largest absolute Gasteiger partial charge is 0.454 e. The number of aromatic nitrogens is 1. The van der Waals surface area contributed by atoms with Crippen molar-refractivity contribution in [3.05, 3.63) is 87.5 Å². The van der Waals surface area contributed by atoms with Gasteiger partial charge in [-0.25, -0.2) is 4.68 Å². The minimum atomic E-state index is -0.937. The van der Waals surface area contributed by atoms with Crippen molar-refractivity contribution >= 4 is 61.8 Å². The van der Waals surface area contributed by atoms with Gasteiger partial charge in [-0.05, 0) is 60.2 Å². The molecule has 9 nitrogen and oxygen atoms in total. The van der Waals surface area contributed by atoms with E-state index in [0.717, 1.165) is 10.0 Å². The fourth-order valence-electron chi connectivity index (χ4n) is 3.70. The summed E-state index contributed by atoms with van der Waals surface area (Å²) in [6.07, 6.45) is 0. The van der Waals surface area contributed by atoms with E-state index in [-0.39, 0.29) is 19.0 Å². The Morgan fingerprint density at radius 2 is 1.78 bits per heavy atom. The molecule has 0 fully saturated rings. The highest BCUT2D eigenvalue weighted by Crippen LogP contribution is 2.32. The van der Waals surface area contributed by atoms with Crippen molar-refractivity contribution in [3.63, 3.8) is 0 Å². The van der Waals surface area contributed by atoms with Crippen LogP contribution in [0, 0.1) is 0 Å². The van der Waals surface area contributed by atoms with Crippen LogP contribution in [0.3, 0.4) is 0 Å². The second kappa shape index (κ2) is 9.92. The molecule has 0 saturated heterocycles. The number of rotatable bonds is 5. The zero-order valence-electron chi connectivity index (χ0n) is 18.5. The van der Waals surface area contributed by atoms with Gasteiger partial charge >= 0.3 is 11.8 Å². The normalized spacial score (nSPS) is 11.8. The Hall–Kier alpha value is -4.02. The molecule has 182 valence electrons. The van der Waals surface area contributed by atoms with Gasteiger partial charge in [0.1, 0.15) is 5.69 Å². The van der Waals surface area contributed by atoms with Crippen LogP contribution in [0.25, 0.3) is 10.9 Å². The van der Waals surface area contributed by atoms with E-state index in [1.54, 1.807) is 66.7 Å². The van der Waals surface area contributed by atoms with Crippen LogP contribution >= 0.6 is 27.5 Å². The van der Waals surface area contributed by atoms with Crippen molar-refractivity contribution in [3.8, 4) is 11.5 Å². The molecule has 0 unspecified atom stereocenters. The molecular formula is C25H18BrClN4O5. The summed E-state index contributed by atoms with van der Waals surface area (Å²) in [6.45, 7) is 0.243. The van der Waals surface area contributed by atoms with E-state index < -0.39 is 17.7 Å². The summed E-state index contributed by atoms with van der Waals surface area (Å²) in [6, 6.07) is 18.8. The predicted octanol–water partition coefficient (Wildman–Crippen LogP) is 4.42. The fraction of sp³-hybridized carbons (Fsp3) is 0.0800. The number of carbonyl (C=O) groups excluding carboxylic acids is 3. The molecule has 0 aliphatic carbocycles. The van der Waals surface area contributed by atoms with E-state index in [1.165, 1.54) is 4.68 Å². The Morgan fingerprint density at radius 3 is 2.61 bits per heavy atom. The highest BCUT2D eigenvalue weighted by Gasteiger charge is 2.21. The Kier molecular flexibility index (Phi) is 6.53. The third-order valence-electron chi connectivity index (χ3n) is 5.39. The van der Waals surface area contributed by atoms with Gasteiger partial charge in [0.25, 0.3) is 5.91 Å². The van der Waals surface area contributed by atoms with Crippen LogP contribution in [-0.2, 0) is 16.1 Å². The van der Waals surface area contributed by atoms with E-state index in [9.17, 15) is 14.4 Å². The maximum absolute atomic E-state index is 13.1. The molecule has 0 radical (unpaired) electrons. The van der Waals surface area contributed by atoms with Crippen LogP contribution in [0.1, 0.15) is 16.1 Å². The molecule has 3 N–H and O–H groups in total. The first-order valence-electron chi connectivity index (χ1n) is 10.7. The Morgan fingerprint density at radius 1 is 0.944 bits per heavy atom. The van der Waals surface area contributed by atoms with Gasteiger partial charge < -0.3 is 20.1 Å². The van der Waals surface area contributed by atoms with Gasteiger partial charge in [-0.2, -0.15) is 0 Å². The maximum Gasteiger partial charge on any atom is 0.328 e. The molecule has 1 aromatic heterocycles. The topological polar surface area (TPSA) is 111 Å². The lowest BCUT2D eigenvalue weighted by molar-refractivity contribution is -0.136. The van der Waals surface area contributed by atoms with Crippen molar-refractivity contribution < 1.29 is 23.9 Å². The quantitative estimate of drug-likeness (QED) is 0.308. The molecule has 1 aliphatic rings. The first-order chi connectivity index (χ1) is 17.4. The van der Waals surface area contributed by atoms with E-state index in [0.29, 0.717) is 33.1 Å². The summed E-state index contributed by atoms with van der Waals surface area (Å²) >= 11 is 9.42. The number of nitrogens with zero attached hydrogens (tertiary/aromatic N) is 1. The third kappa shape index (κ3) is 5.00. The van der Waals surface area contributed by atoms with Crippen molar-refractivity contribution in [2.75, 3.05) is 17.5 Å². The first-order valence-corrected chi connectivity index (χ1v) is 11.9. The van der Waals surface area contributed by atoms with Crippen molar-refractivity contribution in [2.45, 2.75) is 6.54 Å². The standard InChI is InChI=1S/C25H18BrClN4O5/c26-16-5-6-19-15(9-16)10-20(23(32)29-18-3-1-2-17(27)11-18)31(19)30-25(34)24(33)28-12-14-4-7-21-22(8-14)36-13-35-21/h1-11H,12-13H2,(H,28,33)(H,29,32)(H,30,34). The zero-order valence-corrected chi connectivity index (χ0v) is 20.9. The average molecular weight is 570 g/mol. The summed E-state index contributed by atoms with van der Waals surface area (Å²) in [7, 11) is 0. The molecule has 11 heteroatoms. The lowest BCUT2D eigenvalue weighted by Crippen LogP contribution is -2.39. The van der Waals surface area contributed by atoms with Gasteiger partial charge in [-0.15, -0.1) is 0 Å². The van der Waals surface area contributed by atoms with Gasteiger partial charge in [-0.3, -0.25) is 19.8 Å². The number of ether oxygens (including phenoxy) is 2. The Labute approximate surface area is 218 Å². The molecule has 5 rings (SSSR count). The first kappa shape index (κ1) is 23.7. The van der Waals surface area contributed by atoms with Crippen LogP contribution in [0.2, 0.25) is 5.02 Å². The predicted molar refractivity (Wildman–Crippen MR) is 138 cm³/mol. The summed E-state index contributed by atoms with van der Waals surface area (Å²) in [5.74, 6) is -1.10. The summed E-state index contributed by atoms with van der Waals surface area (Å²) < 4.78 is 12.7. The number of amides is 3. The molecule has 4 aromatic rings. The van der Waals surface area contributed by atoms with E-state index in [1.807, 2.05) is 0 Å². The molecule has 2 heterocycles. The van der Waals surface area contributed by atoms with Crippen molar-refractivity contribution in [1.29, 1.82) is 0 Å². The summed E-state index contributed by atoms with van der Waals surface area (Å²) in [5.41, 5.74) is 4.41. The second-order valence-corrected chi connectivity index (χ2v) is 9.20.